The Morgan fingerprint density at radius 3 is 2.60 bits per heavy atom. The maximum absolute atomic E-state index is 13.4. The molecule has 1 atom stereocenters. The molecule has 10 heteroatoms. The zero-order valence-electron chi connectivity index (χ0n) is 15.6. The van der Waals surface area contributed by atoms with Gasteiger partial charge in [0, 0.05) is 18.5 Å². The summed E-state index contributed by atoms with van der Waals surface area (Å²) in [6.07, 6.45) is -2.07. The number of halogens is 2. The second kappa shape index (κ2) is 7.90. The van der Waals surface area contributed by atoms with E-state index >= 15 is 0 Å². The normalized spacial score (nSPS) is 17.5. The highest BCUT2D eigenvalue weighted by atomic mass is 35.5. The van der Waals surface area contributed by atoms with Gasteiger partial charge in [-0.2, -0.15) is 4.31 Å². The molecular weight excluding hydrogens is 435 g/mol. The lowest BCUT2D eigenvalue weighted by Crippen LogP contribution is -2.29. The summed E-state index contributed by atoms with van der Waals surface area (Å²) < 4.78 is 45.5. The average molecular weight is 453 g/mol. The van der Waals surface area contributed by atoms with Gasteiger partial charge in [-0.25, -0.2) is 17.6 Å². The number of sulfonamides is 1. The highest BCUT2D eigenvalue weighted by molar-refractivity contribution is 7.89. The predicted molar refractivity (Wildman–Crippen MR) is 110 cm³/mol. The highest BCUT2D eigenvalue weighted by Crippen LogP contribution is 2.33. The van der Waals surface area contributed by atoms with E-state index in [1.165, 1.54) is 12.1 Å². The van der Waals surface area contributed by atoms with Crippen molar-refractivity contribution in [2.24, 2.45) is 0 Å². The number of hydrogen-bond acceptors (Lipinski definition) is 4. The van der Waals surface area contributed by atoms with E-state index in [0.29, 0.717) is 21.8 Å². The highest BCUT2D eigenvalue weighted by Gasteiger charge is 2.32. The quantitative estimate of drug-likeness (QED) is 0.602. The van der Waals surface area contributed by atoms with Gasteiger partial charge < -0.3 is 14.8 Å². The molecule has 1 aliphatic heterocycles. The number of nitrogens with one attached hydrogen (secondary N) is 1. The van der Waals surface area contributed by atoms with Crippen molar-refractivity contribution in [1.29, 1.82) is 0 Å². The van der Waals surface area contributed by atoms with Crippen LogP contribution >= 0.6 is 11.6 Å². The molecular formula is C20H18ClFN2O5S. The average Bonchev–Trinajstić information content (AvgIpc) is 3.33. The van der Waals surface area contributed by atoms with E-state index < -0.39 is 22.3 Å². The Kier molecular flexibility index (Phi) is 5.44. The first-order valence-electron chi connectivity index (χ1n) is 9.17. The Bertz CT molecular complexity index is 1210. The second-order valence-electron chi connectivity index (χ2n) is 7.02. The van der Waals surface area contributed by atoms with Gasteiger partial charge in [0.2, 0.25) is 10.0 Å². The first-order chi connectivity index (χ1) is 14.2. The second-order valence-corrected chi connectivity index (χ2v) is 9.37. The maximum Gasteiger partial charge on any atom is 0.405 e. The number of rotatable bonds is 5. The molecule has 0 aliphatic carbocycles. The molecule has 3 aromatic rings. The van der Waals surface area contributed by atoms with E-state index in [0.717, 1.165) is 15.4 Å². The van der Waals surface area contributed by atoms with Crippen molar-refractivity contribution in [3.8, 4) is 11.1 Å². The number of carbonyl (C=O) groups is 1. The summed E-state index contributed by atoms with van der Waals surface area (Å²) in [5, 5.41) is 12.0. The van der Waals surface area contributed by atoms with Crippen LogP contribution in [0.1, 0.15) is 12.2 Å². The van der Waals surface area contributed by atoms with Gasteiger partial charge in [-0.3, -0.25) is 0 Å². The molecule has 1 amide bonds. The first-order valence-corrected chi connectivity index (χ1v) is 11.0. The van der Waals surface area contributed by atoms with E-state index in [1.807, 2.05) is 6.07 Å². The molecule has 1 aromatic heterocycles. The van der Waals surface area contributed by atoms with Crippen molar-refractivity contribution in [3.63, 3.8) is 0 Å². The van der Waals surface area contributed by atoms with Gasteiger partial charge in [-0.05, 0) is 47.9 Å². The van der Waals surface area contributed by atoms with Crippen LogP contribution in [0.2, 0.25) is 5.02 Å². The van der Waals surface area contributed by atoms with E-state index in [1.54, 1.807) is 24.3 Å². The lowest BCUT2D eigenvalue weighted by Gasteiger charge is -2.15. The molecule has 0 spiro atoms. The lowest BCUT2D eigenvalue weighted by atomic mass is 10.0. The molecule has 0 saturated carbocycles. The van der Waals surface area contributed by atoms with Crippen molar-refractivity contribution < 1.29 is 27.1 Å². The fourth-order valence-electron chi connectivity index (χ4n) is 3.45. The van der Waals surface area contributed by atoms with E-state index in [-0.39, 0.29) is 31.0 Å². The number of fused-ring (bicyclic) bond motifs is 1. The smallest absolute Gasteiger partial charge is 0.405 e. The Balaban J connectivity index is 1.61. The molecule has 1 aliphatic rings. The van der Waals surface area contributed by atoms with Crippen molar-refractivity contribution in [1.82, 2.24) is 9.62 Å². The van der Waals surface area contributed by atoms with Crippen LogP contribution in [-0.4, -0.2) is 43.2 Å². The minimum Gasteiger partial charge on any atom is -0.465 e. The van der Waals surface area contributed by atoms with E-state index in [4.69, 9.17) is 21.1 Å². The minimum atomic E-state index is -3.73. The molecule has 0 bridgehead atoms. The number of furan rings is 1. The summed E-state index contributed by atoms with van der Waals surface area (Å²) in [5.41, 5.74) is 1.94. The number of carboxylic acid groups (broad SMARTS) is 1. The minimum absolute atomic E-state index is 0.0124. The van der Waals surface area contributed by atoms with Crippen molar-refractivity contribution in [3.05, 3.63) is 53.2 Å². The SMILES string of the molecule is O=C(O)NCc1cc2cc(-c3ccc(S(=O)(=O)N4CCC(F)C4)cc3)cc(Cl)c2o1. The molecule has 158 valence electrons. The summed E-state index contributed by atoms with van der Waals surface area (Å²) in [6.45, 7) is 0.0749. The Morgan fingerprint density at radius 2 is 1.97 bits per heavy atom. The fourth-order valence-corrected chi connectivity index (χ4v) is 5.20. The van der Waals surface area contributed by atoms with Gasteiger partial charge in [-0.1, -0.05) is 23.7 Å². The van der Waals surface area contributed by atoms with Gasteiger partial charge in [0.05, 0.1) is 16.5 Å². The number of amides is 1. The lowest BCUT2D eigenvalue weighted by molar-refractivity contribution is 0.193. The third-order valence-electron chi connectivity index (χ3n) is 4.95. The summed E-state index contributed by atoms with van der Waals surface area (Å²) in [4.78, 5) is 10.8. The summed E-state index contributed by atoms with van der Waals surface area (Å²) in [7, 11) is -3.73. The van der Waals surface area contributed by atoms with Crippen LogP contribution in [0.4, 0.5) is 9.18 Å². The van der Waals surface area contributed by atoms with Gasteiger partial charge >= 0.3 is 6.09 Å². The van der Waals surface area contributed by atoms with Crippen LogP contribution in [0.5, 0.6) is 0 Å². The molecule has 2 N–H and O–H groups in total. The Morgan fingerprint density at radius 1 is 1.23 bits per heavy atom. The monoisotopic (exact) mass is 452 g/mol. The topological polar surface area (TPSA) is 99.8 Å². The van der Waals surface area contributed by atoms with Crippen LogP contribution in [0.3, 0.4) is 0 Å². The summed E-state index contributed by atoms with van der Waals surface area (Å²) in [5.74, 6) is 0.421. The fraction of sp³-hybridized carbons (Fsp3) is 0.250. The third-order valence-corrected chi connectivity index (χ3v) is 7.11. The number of alkyl halides is 1. The van der Waals surface area contributed by atoms with Crippen molar-refractivity contribution in [2.45, 2.75) is 24.0 Å². The Labute approximate surface area is 177 Å². The van der Waals surface area contributed by atoms with Gasteiger partial charge in [-0.15, -0.1) is 0 Å². The molecule has 7 nitrogen and oxygen atoms in total. The predicted octanol–water partition coefficient (Wildman–Crippen LogP) is 4.25. The van der Waals surface area contributed by atoms with Gasteiger partial charge in [0.25, 0.3) is 0 Å². The maximum atomic E-state index is 13.4. The Hall–Kier alpha value is -2.62. The summed E-state index contributed by atoms with van der Waals surface area (Å²) in [6, 6.07) is 11.5. The molecule has 0 radical (unpaired) electrons. The zero-order chi connectivity index (χ0) is 21.5. The third kappa shape index (κ3) is 4.00. The van der Waals surface area contributed by atoms with E-state index in [2.05, 4.69) is 5.32 Å². The van der Waals surface area contributed by atoms with Crippen LogP contribution < -0.4 is 5.32 Å². The van der Waals surface area contributed by atoms with Crippen molar-refractivity contribution in [2.75, 3.05) is 13.1 Å². The largest absolute Gasteiger partial charge is 0.465 e. The van der Waals surface area contributed by atoms with Crippen molar-refractivity contribution >= 4 is 38.7 Å². The van der Waals surface area contributed by atoms with Gasteiger partial charge in [0.1, 0.15) is 11.9 Å². The molecule has 2 heterocycles. The number of hydrogen-bond donors (Lipinski definition) is 2. The number of benzene rings is 2. The van der Waals surface area contributed by atoms with Crippen LogP contribution in [0, 0.1) is 0 Å². The van der Waals surface area contributed by atoms with Crippen LogP contribution in [0.25, 0.3) is 22.1 Å². The molecule has 30 heavy (non-hydrogen) atoms. The molecule has 1 unspecified atom stereocenters. The van der Waals surface area contributed by atoms with E-state index in [9.17, 15) is 17.6 Å². The summed E-state index contributed by atoms with van der Waals surface area (Å²) >= 11 is 6.32. The number of nitrogens with zero attached hydrogens (tertiary/aromatic N) is 1. The molecule has 4 rings (SSSR count). The standard InChI is InChI=1S/C20H18ClFN2O5S/c21-18-9-13(7-14-8-16(29-19(14)18)10-23-20(25)26)12-1-3-17(4-2-12)30(27,28)24-6-5-15(22)11-24/h1-4,7-9,15,23H,5-6,10-11H2,(H,25,26). The van der Waals surface area contributed by atoms with Crippen LogP contribution in [-0.2, 0) is 16.6 Å². The molecule has 1 saturated heterocycles. The van der Waals surface area contributed by atoms with Crippen LogP contribution in [0.15, 0.2) is 51.8 Å². The van der Waals surface area contributed by atoms with Gasteiger partial charge in [0.15, 0.2) is 5.58 Å². The molecule has 1 fully saturated rings. The first kappa shape index (κ1) is 20.6. The zero-order valence-corrected chi connectivity index (χ0v) is 17.2. The molecule has 2 aromatic carbocycles.